The number of benzene rings is 1. The monoisotopic (exact) mass is 382 g/mol. The molecule has 2 aliphatic rings. The number of tetrazole rings is 1. The molecule has 1 N–H and O–H groups in total. The average Bonchev–Trinajstić information content (AvgIpc) is 3.27. The zero-order chi connectivity index (χ0) is 19.2. The predicted octanol–water partition coefficient (Wildman–Crippen LogP) is 2.64. The van der Waals surface area contributed by atoms with E-state index in [4.69, 9.17) is 0 Å². The third-order valence-corrected chi connectivity index (χ3v) is 6.34. The van der Waals surface area contributed by atoms with Gasteiger partial charge in [0.25, 0.3) is 5.91 Å². The van der Waals surface area contributed by atoms with Crippen LogP contribution in [0.2, 0.25) is 0 Å². The van der Waals surface area contributed by atoms with Crippen molar-refractivity contribution in [2.45, 2.75) is 63.5 Å². The summed E-state index contributed by atoms with van der Waals surface area (Å²) in [5.74, 6) is 0.0240. The molecule has 2 heterocycles. The fourth-order valence-corrected chi connectivity index (χ4v) is 4.73. The van der Waals surface area contributed by atoms with Gasteiger partial charge in [-0.25, -0.2) is 4.68 Å². The van der Waals surface area contributed by atoms with Crippen LogP contribution >= 0.6 is 0 Å². The largest absolute Gasteiger partial charge is 0.350 e. The normalized spacial score (nSPS) is 20.0. The number of nitrogens with zero attached hydrogens (tertiary/aromatic N) is 5. The van der Waals surface area contributed by atoms with Gasteiger partial charge in [0.05, 0.1) is 6.54 Å². The molecule has 0 radical (unpaired) electrons. The van der Waals surface area contributed by atoms with Gasteiger partial charge in [-0.15, -0.1) is 5.10 Å². The molecule has 4 rings (SSSR count). The maximum absolute atomic E-state index is 12.8. The Morgan fingerprint density at radius 2 is 1.71 bits per heavy atom. The summed E-state index contributed by atoms with van der Waals surface area (Å²) in [7, 11) is 0. The second kappa shape index (κ2) is 8.82. The molecule has 150 valence electrons. The lowest BCUT2D eigenvalue weighted by atomic mass is 9.79. The van der Waals surface area contributed by atoms with Gasteiger partial charge in [0.15, 0.2) is 0 Å². The van der Waals surface area contributed by atoms with E-state index < -0.39 is 0 Å². The molecule has 1 aliphatic carbocycles. The van der Waals surface area contributed by atoms with Gasteiger partial charge in [-0.1, -0.05) is 37.8 Å². The summed E-state index contributed by atoms with van der Waals surface area (Å²) >= 11 is 0. The number of likely N-dealkylation sites (tertiary alicyclic amines) is 1. The summed E-state index contributed by atoms with van der Waals surface area (Å²) < 4.78 is 1.67. The Morgan fingerprint density at radius 1 is 1.00 bits per heavy atom. The number of aromatic nitrogens is 4. The molecular weight excluding hydrogens is 352 g/mol. The van der Waals surface area contributed by atoms with Crippen LogP contribution in [0.3, 0.4) is 0 Å². The van der Waals surface area contributed by atoms with Crippen molar-refractivity contribution in [3.05, 3.63) is 41.7 Å². The van der Waals surface area contributed by atoms with Crippen LogP contribution in [0.25, 0.3) is 0 Å². The zero-order valence-corrected chi connectivity index (χ0v) is 16.5. The summed E-state index contributed by atoms with van der Waals surface area (Å²) in [6.45, 7) is 3.73. The first-order valence-corrected chi connectivity index (χ1v) is 10.6. The van der Waals surface area contributed by atoms with E-state index in [1.54, 1.807) is 11.0 Å². The standard InChI is InChI=1S/C21H30N6O/c28-20(19-9-7-18(8-10-19)15-27-17-23-24-25-27)22-16-21(11-3-1-4-12-21)26-13-5-2-6-14-26/h7-10,17H,1-6,11-16H2,(H,22,28). The second-order valence-corrected chi connectivity index (χ2v) is 8.22. The van der Waals surface area contributed by atoms with Crippen molar-refractivity contribution >= 4 is 5.91 Å². The molecule has 7 heteroatoms. The van der Waals surface area contributed by atoms with E-state index in [-0.39, 0.29) is 11.4 Å². The molecular formula is C21H30N6O. The van der Waals surface area contributed by atoms with E-state index in [1.165, 1.54) is 64.5 Å². The van der Waals surface area contributed by atoms with Crippen LogP contribution in [0.15, 0.2) is 30.6 Å². The zero-order valence-electron chi connectivity index (χ0n) is 16.5. The first kappa shape index (κ1) is 19.1. The molecule has 0 unspecified atom stereocenters. The highest BCUT2D eigenvalue weighted by Crippen LogP contribution is 2.35. The van der Waals surface area contributed by atoms with E-state index >= 15 is 0 Å². The van der Waals surface area contributed by atoms with Crippen molar-refractivity contribution in [1.82, 2.24) is 30.4 Å². The molecule has 28 heavy (non-hydrogen) atoms. The first-order valence-electron chi connectivity index (χ1n) is 10.6. The topological polar surface area (TPSA) is 75.9 Å². The lowest BCUT2D eigenvalue weighted by molar-refractivity contribution is 0.0326. The molecule has 1 saturated carbocycles. The Balaban J connectivity index is 1.37. The molecule has 0 bridgehead atoms. The van der Waals surface area contributed by atoms with Gasteiger partial charge in [-0.05, 0) is 66.9 Å². The van der Waals surface area contributed by atoms with E-state index in [2.05, 4.69) is 25.7 Å². The Morgan fingerprint density at radius 3 is 2.39 bits per heavy atom. The third-order valence-electron chi connectivity index (χ3n) is 6.34. The number of nitrogens with one attached hydrogen (secondary N) is 1. The van der Waals surface area contributed by atoms with Crippen LogP contribution in [0.5, 0.6) is 0 Å². The number of carbonyl (C=O) groups excluding carboxylic acids is 1. The minimum atomic E-state index is 0.0240. The molecule has 0 spiro atoms. The van der Waals surface area contributed by atoms with Crippen molar-refractivity contribution in [1.29, 1.82) is 0 Å². The Labute approximate surface area is 166 Å². The van der Waals surface area contributed by atoms with Gasteiger partial charge in [0, 0.05) is 17.6 Å². The molecule has 1 amide bonds. The van der Waals surface area contributed by atoms with Crippen LogP contribution in [0, 0.1) is 0 Å². The van der Waals surface area contributed by atoms with Crippen LogP contribution in [0.4, 0.5) is 0 Å². The van der Waals surface area contributed by atoms with Crippen molar-refractivity contribution in [3.63, 3.8) is 0 Å². The lowest BCUT2D eigenvalue weighted by Gasteiger charge is -2.48. The minimum absolute atomic E-state index is 0.0240. The van der Waals surface area contributed by atoms with Gasteiger partial charge in [-0.2, -0.15) is 0 Å². The number of hydrogen-bond donors (Lipinski definition) is 1. The Bertz CT molecular complexity index is 746. The van der Waals surface area contributed by atoms with Crippen LogP contribution in [-0.2, 0) is 6.54 Å². The van der Waals surface area contributed by atoms with Gasteiger partial charge < -0.3 is 5.32 Å². The fraction of sp³-hybridized carbons (Fsp3) is 0.619. The van der Waals surface area contributed by atoms with Crippen molar-refractivity contribution in [2.75, 3.05) is 19.6 Å². The van der Waals surface area contributed by atoms with Crippen LogP contribution in [-0.4, -0.2) is 56.2 Å². The van der Waals surface area contributed by atoms with Crippen LogP contribution in [0.1, 0.15) is 67.3 Å². The number of rotatable bonds is 6. The Kier molecular flexibility index (Phi) is 6.00. The summed E-state index contributed by atoms with van der Waals surface area (Å²) in [4.78, 5) is 15.4. The summed E-state index contributed by atoms with van der Waals surface area (Å²) in [5.41, 5.74) is 1.94. The summed E-state index contributed by atoms with van der Waals surface area (Å²) in [5, 5.41) is 14.4. The third kappa shape index (κ3) is 4.41. The van der Waals surface area contributed by atoms with Crippen LogP contribution < -0.4 is 5.32 Å². The smallest absolute Gasteiger partial charge is 0.251 e. The van der Waals surface area contributed by atoms with Crippen molar-refractivity contribution in [3.8, 4) is 0 Å². The fourth-order valence-electron chi connectivity index (χ4n) is 4.73. The molecule has 2 aromatic rings. The van der Waals surface area contributed by atoms with Crippen molar-refractivity contribution in [2.24, 2.45) is 0 Å². The SMILES string of the molecule is O=C(NCC1(N2CCCCC2)CCCCC1)c1ccc(Cn2cnnn2)cc1. The van der Waals surface area contributed by atoms with E-state index in [0.29, 0.717) is 12.1 Å². The molecule has 1 saturated heterocycles. The summed E-state index contributed by atoms with van der Waals surface area (Å²) in [6, 6.07) is 7.72. The number of hydrogen-bond acceptors (Lipinski definition) is 5. The number of amides is 1. The molecule has 7 nitrogen and oxygen atoms in total. The van der Waals surface area contributed by atoms with Crippen molar-refractivity contribution < 1.29 is 4.79 Å². The minimum Gasteiger partial charge on any atom is -0.350 e. The van der Waals surface area contributed by atoms with Gasteiger partial charge in [-0.3, -0.25) is 9.69 Å². The highest BCUT2D eigenvalue weighted by atomic mass is 16.1. The van der Waals surface area contributed by atoms with Gasteiger partial charge in [0.1, 0.15) is 6.33 Å². The summed E-state index contributed by atoms with van der Waals surface area (Å²) in [6.07, 6.45) is 11.8. The molecule has 1 aromatic heterocycles. The highest BCUT2D eigenvalue weighted by molar-refractivity contribution is 5.94. The van der Waals surface area contributed by atoms with E-state index in [1.807, 2.05) is 24.3 Å². The first-order chi connectivity index (χ1) is 13.8. The lowest BCUT2D eigenvalue weighted by Crippen LogP contribution is -2.58. The second-order valence-electron chi connectivity index (χ2n) is 8.22. The maximum atomic E-state index is 12.8. The Hall–Kier alpha value is -2.28. The number of carbonyl (C=O) groups is 1. The highest BCUT2D eigenvalue weighted by Gasteiger charge is 2.38. The van der Waals surface area contributed by atoms with E-state index in [0.717, 1.165) is 12.1 Å². The average molecular weight is 383 g/mol. The van der Waals surface area contributed by atoms with Gasteiger partial charge >= 0.3 is 0 Å². The van der Waals surface area contributed by atoms with Gasteiger partial charge in [0.2, 0.25) is 0 Å². The molecule has 0 atom stereocenters. The predicted molar refractivity (Wildman–Crippen MR) is 107 cm³/mol. The number of piperidine rings is 1. The molecule has 1 aromatic carbocycles. The molecule has 1 aliphatic heterocycles. The molecule has 2 fully saturated rings. The maximum Gasteiger partial charge on any atom is 0.251 e. The van der Waals surface area contributed by atoms with E-state index in [9.17, 15) is 4.79 Å². The quantitative estimate of drug-likeness (QED) is 0.831.